The maximum atomic E-state index is 7.09. The molecule has 3 saturated heterocycles. The van der Waals surface area contributed by atoms with Gasteiger partial charge in [-0.2, -0.15) is 0 Å². The molecule has 6 rings (SSSR count). The van der Waals surface area contributed by atoms with Crippen LogP contribution in [-0.2, 0) is 24.5 Å². The summed E-state index contributed by atoms with van der Waals surface area (Å²) in [7, 11) is 0. The highest BCUT2D eigenvalue weighted by molar-refractivity contribution is 5.47. The van der Waals surface area contributed by atoms with Crippen molar-refractivity contribution in [2.75, 3.05) is 6.61 Å². The maximum absolute atomic E-state index is 7.09. The number of fused-ring (bicyclic) bond motifs is 4. The zero-order chi connectivity index (χ0) is 19.3. The largest absolute Gasteiger partial charge is 0.361 e. The lowest BCUT2D eigenvalue weighted by molar-refractivity contribution is -0.146. The lowest BCUT2D eigenvalue weighted by Crippen LogP contribution is -2.48. The fraction of sp³-hybridized carbons (Fsp3) is 0.280. The Bertz CT molecular complexity index is 879. The van der Waals surface area contributed by atoms with Gasteiger partial charge in [-0.25, -0.2) is 0 Å². The van der Waals surface area contributed by atoms with Crippen LogP contribution in [-0.4, -0.2) is 37.3 Å². The zero-order valence-corrected chi connectivity index (χ0v) is 15.9. The summed E-state index contributed by atoms with van der Waals surface area (Å²) in [6, 6.07) is 31.2. The highest BCUT2D eigenvalue weighted by Crippen LogP contribution is 2.48. The van der Waals surface area contributed by atoms with E-state index in [0.717, 1.165) is 16.7 Å². The van der Waals surface area contributed by atoms with Gasteiger partial charge in [-0.15, -0.1) is 0 Å². The first-order valence-corrected chi connectivity index (χ1v) is 10.1. The summed E-state index contributed by atoms with van der Waals surface area (Å²) in [4.78, 5) is 0. The molecule has 0 aromatic heterocycles. The average Bonchev–Trinajstić information content (AvgIpc) is 3.49. The van der Waals surface area contributed by atoms with Gasteiger partial charge in [0.1, 0.15) is 30.0 Å². The zero-order valence-electron chi connectivity index (χ0n) is 15.9. The molecule has 4 nitrogen and oxygen atoms in total. The van der Waals surface area contributed by atoms with E-state index < -0.39 is 5.60 Å². The number of ether oxygens (including phenoxy) is 4. The van der Waals surface area contributed by atoms with E-state index in [4.69, 9.17) is 18.9 Å². The normalized spacial score (nSPS) is 30.0. The summed E-state index contributed by atoms with van der Waals surface area (Å²) in [5.41, 5.74) is 2.46. The molecule has 3 aromatic rings. The van der Waals surface area contributed by atoms with E-state index >= 15 is 0 Å². The standard InChI is InChI=1S/C25H22O4/c1-4-10-17(11-5-1)25(18-12-6-2-7-13-18,19-14-8-3-9-15-19)29-21-20-16-26-24(27-20)23-22(21)28-23/h1-15,20-24H,16H2. The summed E-state index contributed by atoms with van der Waals surface area (Å²) in [6.07, 6.45) is -0.599. The molecule has 0 amide bonds. The van der Waals surface area contributed by atoms with Crippen molar-refractivity contribution in [1.82, 2.24) is 0 Å². The molecular weight excluding hydrogens is 364 g/mol. The SMILES string of the molecule is c1ccc(C(OC2C3COC(O3)C3OC23)(c2ccccc2)c2ccccc2)cc1. The minimum absolute atomic E-state index is 0.0109. The van der Waals surface area contributed by atoms with Gasteiger partial charge in [0.05, 0.1) is 6.61 Å². The Labute approximate surface area is 170 Å². The minimum Gasteiger partial charge on any atom is -0.361 e. The van der Waals surface area contributed by atoms with Crippen molar-refractivity contribution in [3.63, 3.8) is 0 Å². The van der Waals surface area contributed by atoms with Gasteiger partial charge in [0.15, 0.2) is 6.29 Å². The Morgan fingerprint density at radius 2 is 1.17 bits per heavy atom. The molecule has 5 unspecified atom stereocenters. The van der Waals surface area contributed by atoms with Gasteiger partial charge in [0.2, 0.25) is 0 Å². The van der Waals surface area contributed by atoms with Crippen molar-refractivity contribution < 1.29 is 18.9 Å². The second-order valence-corrected chi connectivity index (χ2v) is 7.80. The van der Waals surface area contributed by atoms with E-state index in [9.17, 15) is 0 Å². The van der Waals surface area contributed by atoms with Crippen molar-refractivity contribution in [3.05, 3.63) is 108 Å². The smallest absolute Gasteiger partial charge is 0.187 e. The van der Waals surface area contributed by atoms with Gasteiger partial charge >= 0.3 is 0 Å². The van der Waals surface area contributed by atoms with Gasteiger partial charge in [-0.3, -0.25) is 0 Å². The third-order valence-electron chi connectivity index (χ3n) is 6.11. The molecule has 2 bridgehead atoms. The van der Waals surface area contributed by atoms with Crippen molar-refractivity contribution in [2.24, 2.45) is 0 Å². The molecule has 146 valence electrons. The van der Waals surface area contributed by atoms with Crippen molar-refractivity contribution in [3.8, 4) is 0 Å². The molecule has 5 atom stereocenters. The topological polar surface area (TPSA) is 40.2 Å². The van der Waals surface area contributed by atoms with Crippen LogP contribution >= 0.6 is 0 Å². The number of rotatable bonds is 5. The predicted molar refractivity (Wildman–Crippen MR) is 107 cm³/mol. The first-order chi connectivity index (χ1) is 14.4. The fourth-order valence-electron chi connectivity index (χ4n) is 4.69. The molecular formula is C25H22O4. The Balaban J connectivity index is 1.54. The molecule has 3 aliphatic heterocycles. The Hall–Kier alpha value is -2.50. The molecule has 4 heteroatoms. The Kier molecular flexibility index (Phi) is 4.06. The first kappa shape index (κ1) is 17.4. The molecule has 0 radical (unpaired) electrons. The van der Waals surface area contributed by atoms with Crippen molar-refractivity contribution in [1.29, 1.82) is 0 Å². The lowest BCUT2D eigenvalue weighted by Gasteiger charge is -2.40. The number of hydrogen-bond acceptors (Lipinski definition) is 4. The first-order valence-electron chi connectivity index (χ1n) is 10.1. The highest BCUT2D eigenvalue weighted by atomic mass is 16.8. The minimum atomic E-state index is -0.774. The van der Waals surface area contributed by atoms with E-state index in [1.54, 1.807) is 0 Å². The summed E-state index contributed by atoms with van der Waals surface area (Å²) in [5, 5.41) is 0. The number of hydrogen-bond donors (Lipinski definition) is 0. The van der Waals surface area contributed by atoms with Crippen LogP contribution in [0.5, 0.6) is 0 Å². The van der Waals surface area contributed by atoms with E-state index in [2.05, 4.69) is 72.8 Å². The van der Waals surface area contributed by atoms with Gasteiger partial charge < -0.3 is 18.9 Å². The van der Waals surface area contributed by atoms with Crippen molar-refractivity contribution in [2.45, 2.75) is 36.3 Å². The molecule has 0 saturated carbocycles. The van der Waals surface area contributed by atoms with Gasteiger partial charge in [0, 0.05) is 0 Å². The number of epoxide rings is 1. The second kappa shape index (κ2) is 6.78. The van der Waals surface area contributed by atoms with E-state index in [1.165, 1.54) is 0 Å². The highest BCUT2D eigenvalue weighted by Gasteiger charge is 2.63. The van der Waals surface area contributed by atoms with Crippen LogP contribution in [0.4, 0.5) is 0 Å². The van der Waals surface area contributed by atoms with E-state index in [1.807, 2.05) is 18.2 Å². The van der Waals surface area contributed by atoms with Gasteiger partial charge in [-0.1, -0.05) is 91.0 Å². The lowest BCUT2D eigenvalue weighted by atomic mass is 9.79. The van der Waals surface area contributed by atoms with Crippen molar-refractivity contribution >= 4 is 0 Å². The Morgan fingerprint density at radius 3 is 1.69 bits per heavy atom. The summed E-state index contributed by atoms with van der Waals surface area (Å²) in [6.45, 7) is 0.542. The molecule has 0 N–H and O–H groups in total. The van der Waals surface area contributed by atoms with Crippen LogP contribution < -0.4 is 0 Å². The molecule has 3 heterocycles. The number of benzene rings is 3. The average molecular weight is 386 g/mol. The second-order valence-electron chi connectivity index (χ2n) is 7.80. The molecule has 3 aliphatic rings. The summed E-state index contributed by atoms with van der Waals surface area (Å²) in [5.74, 6) is 0. The van der Waals surface area contributed by atoms with Gasteiger partial charge in [0.25, 0.3) is 0 Å². The van der Waals surface area contributed by atoms with Crippen LogP contribution in [0.1, 0.15) is 16.7 Å². The molecule has 3 aromatic carbocycles. The monoisotopic (exact) mass is 386 g/mol. The van der Waals surface area contributed by atoms with Crippen LogP contribution in [0, 0.1) is 0 Å². The van der Waals surface area contributed by atoms with E-state index in [-0.39, 0.29) is 30.7 Å². The molecule has 3 fully saturated rings. The van der Waals surface area contributed by atoms with E-state index in [0.29, 0.717) is 6.61 Å². The Morgan fingerprint density at radius 1 is 0.655 bits per heavy atom. The summed E-state index contributed by atoms with van der Waals surface area (Å²) < 4.78 is 24.8. The fourth-order valence-corrected chi connectivity index (χ4v) is 4.69. The molecule has 29 heavy (non-hydrogen) atoms. The molecule has 0 aliphatic carbocycles. The summed E-state index contributed by atoms with van der Waals surface area (Å²) >= 11 is 0. The van der Waals surface area contributed by atoms with Crippen LogP contribution in [0.2, 0.25) is 0 Å². The molecule has 0 spiro atoms. The van der Waals surface area contributed by atoms with Crippen LogP contribution in [0.25, 0.3) is 0 Å². The quantitative estimate of drug-likeness (QED) is 0.493. The third-order valence-corrected chi connectivity index (χ3v) is 6.11. The van der Waals surface area contributed by atoms with Crippen LogP contribution in [0.3, 0.4) is 0 Å². The van der Waals surface area contributed by atoms with Gasteiger partial charge in [-0.05, 0) is 16.7 Å². The third kappa shape index (κ3) is 2.75. The van der Waals surface area contributed by atoms with Crippen LogP contribution in [0.15, 0.2) is 91.0 Å². The predicted octanol–water partition coefficient (Wildman–Crippen LogP) is 3.89. The maximum Gasteiger partial charge on any atom is 0.187 e.